The summed E-state index contributed by atoms with van der Waals surface area (Å²) in [6, 6.07) is 9.76. The van der Waals surface area contributed by atoms with Crippen molar-refractivity contribution in [3.05, 3.63) is 65.2 Å². The normalized spacial score (nSPS) is 10.2. The lowest BCUT2D eigenvalue weighted by Crippen LogP contribution is -2.23. The fourth-order valence-corrected chi connectivity index (χ4v) is 1.71. The number of aliphatic hydroxyl groups is 1. The smallest absolute Gasteiger partial charge is 0.251 e. The molecule has 1 heterocycles. The third kappa shape index (κ3) is 3.35. The molecule has 0 saturated carbocycles. The number of halogens is 1. The first-order valence-corrected chi connectivity index (χ1v) is 5.78. The molecule has 0 bridgehead atoms. The zero-order chi connectivity index (χ0) is 13.7. The van der Waals surface area contributed by atoms with E-state index in [0.29, 0.717) is 0 Å². The molecule has 0 unspecified atom stereocenters. The molecule has 0 aliphatic carbocycles. The molecule has 0 saturated heterocycles. The molecule has 19 heavy (non-hydrogen) atoms. The van der Waals surface area contributed by atoms with E-state index < -0.39 is 5.95 Å². The fraction of sp³-hybridized carbons (Fsp3) is 0.143. The fourth-order valence-electron chi connectivity index (χ4n) is 1.71. The van der Waals surface area contributed by atoms with Crippen LogP contribution in [-0.2, 0) is 13.2 Å². The summed E-state index contributed by atoms with van der Waals surface area (Å²) < 4.78 is 12.9. The van der Waals surface area contributed by atoms with Gasteiger partial charge in [0, 0.05) is 24.4 Å². The second kappa shape index (κ2) is 6.06. The van der Waals surface area contributed by atoms with Crippen molar-refractivity contribution >= 4 is 5.91 Å². The Morgan fingerprint density at radius 1 is 1.26 bits per heavy atom. The van der Waals surface area contributed by atoms with Crippen LogP contribution in [0.5, 0.6) is 0 Å². The van der Waals surface area contributed by atoms with Gasteiger partial charge in [-0.3, -0.25) is 4.79 Å². The predicted octanol–water partition coefficient (Wildman–Crippen LogP) is 1.64. The minimum Gasteiger partial charge on any atom is -0.392 e. The van der Waals surface area contributed by atoms with E-state index in [1.165, 1.54) is 12.3 Å². The average molecular weight is 260 g/mol. The molecule has 0 fully saturated rings. The van der Waals surface area contributed by atoms with Gasteiger partial charge in [-0.25, -0.2) is 4.98 Å². The van der Waals surface area contributed by atoms with Gasteiger partial charge in [-0.1, -0.05) is 24.3 Å². The second-order valence-corrected chi connectivity index (χ2v) is 3.98. The molecular formula is C14H13FN2O2. The van der Waals surface area contributed by atoms with Crippen LogP contribution < -0.4 is 5.32 Å². The van der Waals surface area contributed by atoms with Crippen molar-refractivity contribution in [2.45, 2.75) is 13.2 Å². The van der Waals surface area contributed by atoms with Crippen LogP contribution >= 0.6 is 0 Å². The van der Waals surface area contributed by atoms with Gasteiger partial charge < -0.3 is 10.4 Å². The zero-order valence-electron chi connectivity index (χ0n) is 10.1. The third-order valence-electron chi connectivity index (χ3n) is 2.72. The van der Waals surface area contributed by atoms with Crippen LogP contribution in [0.2, 0.25) is 0 Å². The van der Waals surface area contributed by atoms with E-state index in [1.54, 1.807) is 6.07 Å². The van der Waals surface area contributed by atoms with Crippen LogP contribution in [0.4, 0.5) is 4.39 Å². The number of hydrogen-bond acceptors (Lipinski definition) is 3. The summed E-state index contributed by atoms with van der Waals surface area (Å²) in [6.45, 7) is 0.190. The lowest BCUT2D eigenvalue weighted by atomic mass is 10.1. The molecule has 0 aliphatic rings. The van der Waals surface area contributed by atoms with Gasteiger partial charge in [0.05, 0.1) is 6.61 Å². The average Bonchev–Trinajstić information content (AvgIpc) is 2.45. The Morgan fingerprint density at radius 2 is 2.00 bits per heavy atom. The molecule has 5 heteroatoms. The lowest BCUT2D eigenvalue weighted by molar-refractivity contribution is 0.0950. The maximum absolute atomic E-state index is 12.9. The minimum atomic E-state index is -0.691. The van der Waals surface area contributed by atoms with Crippen molar-refractivity contribution in [2.75, 3.05) is 0 Å². The first kappa shape index (κ1) is 13.2. The number of aromatic nitrogens is 1. The van der Waals surface area contributed by atoms with E-state index in [2.05, 4.69) is 10.3 Å². The zero-order valence-corrected chi connectivity index (χ0v) is 10.1. The highest BCUT2D eigenvalue weighted by Crippen LogP contribution is 2.08. The Morgan fingerprint density at radius 3 is 2.68 bits per heavy atom. The summed E-state index contributed by atoms with van der Waals surface area (Å²) in [4.78, 5) is 15.2. The summed E-state index contributed by atoms with van der Waals surface area (Å²) >= 11 is 0. The number of rotatable bonds is 4. The first-order chi connectivity index (χ1) is 9.20. The summed E-state index contributed by atoms with van der Waals surface area (Å²) in [5, 5.41) is 11.8. The van der Waals surface area contributed by atoms with E-state index in [-0.39, 0.29) is 24.6 Å². The largest absolute Gasteiger partial charge is 0.392 e. The van der Waals surface area contributed by atoms with Gasteiger partial charge in [0.1, 0.15) is 0 Å². The summed E-state index contributed by atoms with van der Waals surface area (Å²) in [5.41, 5.74) is 1.80. The number of aliphatic hydroxyl groups excluding tert-OH is 1. The molecule has 2 aromatic rings. The number of nitrogens with one attached hydrogen (secondary N) is 1. The maximum atomic E-state index is 12.9. The van der Waals surface area contributed by atoms with Crippen molar-refractivity contribution in [3.63, 3.8) is 0 Å². The number of amides is 1. The Bertz CT molecular complexity index is 587. The molecule has 2 N–H and O–H groups in total. The van der Waals surface area contributed by atoms with Crippen LogP contribution in [0.1, 0.15) is 21.5 Å². The maximum Gasteiger partial charge on any atom is 0.251 e. The number of benzene rings is 1. The molecule has 1 amide bonds. The molecule has 2 rings (SSSR count). The van der Waals surface area contributed by atoms with Gasteiger partial charge in [-0.05, 0) is 17.2 Å². The SMILES string of the molecule is O=C(NCc1ccccc1CO)c1ccnc(F)c1. The Balaban J connectivity index is 2.04. The summed E-state index contributed by atoms with van der Waals surface area (Å²) in [6.07, 6.45) is 1.24. The molecule has 4 nitrogen and oxygen atoms in total. The predicted molar refractivity (Wildman–Crippen MR) is 67.7 cm³/mol. The Labute approximate surface area is 109 Å². The number of nitrogens with zero attached hydrogens (tertiary/aromatic N) is 1. The van der Waals surface area contributed by atoms with Crippen LogP contribution in [0.15, 0.2) is 42.6 Å². The number of hydrogen-bond donors (Lipinski definition) is 2. The van der Waals surface area contributed by atoms with Gasteiger partial charge in [0.25, 0.3) is 5.91 Å². The molecule has 1 aromatic carbocycles. The molecule has 1 aromatic heterocycles. The topological polar surface area (TPSA) is 62.2 Å². The van der Waals surface area contributed by atoms with Crippen molar-refractivity contribution in [3.8, 4) is 0 Å². The van der Waals surface area contributed by atoms with Gasteiger partial charge in [0.15, 0.2) is 0 Å². The van der Waals surface area contributed by atoms with Crippen LogP contribution in [0.25, 0.3) is 0 Å². The molecule has 0 atom stereocenters. The van der Waals surface area contributed by atoms with Crippen LogP contribution in [0, 0.1) is 5.95 Å². The quantitative estimate of drug-likeness (QED) is 0.821. The van der Waals surface area contributed by atoms with E-state index in [0.717, 1.165) is 17.2 Å². The number of carbonyl (C=O) groups is 1. The van der Waals surface area contributed by atoms with Crippen molar-refractivity contribution in [1.82, 2.24) is 10.3 Å². The molecular weight excluding hydrogens is 247 g/mol. The highest BCUT2D eigenvalue weighted by atomic mass is 19.1. The summed E-state index contributed by atoms with van der Waals surface area (Å²) in [7, 11) is 0. The molecule has 0 radical (unpaired) electrons. The van der Waals surface area contributed by atoms with Crippen molar-refractivity contribution in [1.29, 1.82) is 0 Å². The Kier molecular flexibility index (Phi) is 4.20. The van der Waals surface area contributed by atoms with Gasteiger partial charge in [0.2, 0.25) is 5.95 Å². The summed E-state index contributed by atoms with van der Waals surface area (Å²) in [5.74, 6) is -1.07. The van der Waals surface area contributed by atoms with E-state index in [4.69, 9.17) is 5.11 Å². The van der Waals surface area contributed by atoms with Gasteiger partial charge >= 0.3 is 0 Å². The lowest BCUT2D eigenvalue weighted by Gasteiger charge is -2.08. The van der Waals surface area contributed by atoms with Crippen LogP contribution in [0.3, 0.4) is 0 Å². The first-order valence-electron chi connectivity index (χ1n) is 5.78. The Hall–Kier alpha value is -2.27. The van der Waals surface area contributed by atoms with Gasteiger partial charge in [-0.15, -0.1) is 0 Å². The molecule has 0 aliphatic heterocycles. The molecule has 0 spiro atoms. The van der Waals surface area contributed by atoms with Gasteiger partial charge in [-0.2, -0.15) is 4.39 Å². The number of carbonyl (C=O) groups excluding carboxylic acids is 1. The van der Waals surface area contributed by atoms with E-state index >= 15 is 0 Å². The number of pyridine rings is 1. The second-order valence-electron chi connectivity index (χ2n) is 3.98. The van der Waals surface area contributed by atoms with Crippen LogP contribution in [-0.4, -0.2) is 16.0 Å². The van der Waals surface area contributed by atoms with Crippen molar-refractivity contribution < 1.29 is 14.3 Å². The van der Waals surface area contributed by atoms with E-state index in [1.807, 2.05) is 18.2 Å². The highest BCUT2D eigenvalue weighted by Gasteiger charge is 2.07. The van der Waals surface area contributed by atoms with E-state index in [9.17, 15) is 9.18 Å². The monoisotopic (exact) mass is 260 g/mol. The molecule has 98 valence electrons. The standard InChI is InChI=1S/C14H13FN2O2/c15-13-7-10(5-6-16-13)14(19)17-8-11-3-1-2-4-12(11)9-18/h1-7,18H,8-9H2,(H,17,19). The third-order valence-corrected chi connectivity index (χ3v) is 2.72. The van der Waals surface area contributed by atoms with Crippen molar-refractivity contribution in [2.24, 2.45) is 0 Å². The highest BCUT2D eigenvalue weighted by molar-refractivity contribution is 5.93. The minimum absolute atomic E-state index is 0.0874.